The molecule has 0 radical (unpaired) electrons. The normalized spacial score (nSPS) is 15.0. The molecule has 0 N–H and O–H groups in total. The molecule has 0 atom stereocenters. The van der Waals surface area contributed by atoms with E-state index in [4.69, 9.17) is 14.2 Å². The fraction of sp³-hybridized carbons (Fsp3) is 0.227. The van der Waals surface area contributed by atoms with Gasteiger partial charge in [0.2, 0.25) is 0 Å². The lowest BCUT2D eigenvalue weighted by atomic mass is 10.1. The highest BCUT2D eigenvalue weighted by Gasteiger charge is 2.46. The summed E-state index contributed by atoms with van der Waals surface area (Å²) in [7, 11) is 1.35. The number of carbonyl (C=O) groups excluding carboxylic acids is 2. The molecular weight excluding hydrogens is 556 g/mol. The van der Waals surface area contributed by atoms with E-state index in [1.165, 1.54) is 31.4 Å². The van der Waals surface area contributed by atoms with Crippen LogP contribution in [0.25, 0.3) is 6.08 Å². The number of hydrogen-bond acceptors (Lipinski definition) is 6. The fourth-order valence-electron chi connectivity index (χ4n) is 2.96. The molecule has 1 aliphatic rings. The van der Waals surface area contributed by atoms with Gasteiger partial charge < -0.3 is 14.2 Å². The topological polar surface area (TPSA) is 77.4 Å². The number of esters is 1. The number of alkyl halides is 3. The summed E-state index contributed by atoms with van der Waals surface area (Å²) in [6, 6.07) is 10.7. The van der Waals surface area contributed by atoms with Gasteiger partial charge in [-0.05, 0) is 65.4 Å². The average molecular weight is 574 g/mol. The molecule has 174 valence electrons. The van der Waals surface area contributed by atoms with Crippen molar-refractivity contribution in [3.63, 3.8) is 0 Å². The molecule has 0 fully saturated rings. The van der Waals surface area contributed by atoms with Gasteiger partial charge in [-0.15, -0.1) is 0 Å². The van der Waals surface area contributed by atoms with Crippen LogP contribution >= 0.6 is 22.6 Å². The van der Waals surface area contributed by atoms with Gasteiger partial charge in [-0.3, -0.25) is 4.79 Å². The third kappa shape index (κ3) is 5.64. The van der Waals surface area contributed by atoms with Gasteiger partial charge in [0.15, 0.2) is 23.8 Å². The zero-order valence-electron chi connectivity index (χ0n) is 17.5. The van der Waals surface area contributed by atoms with Crippen LogP contribution < -0.4 is 14.5 Å². The van der Waals surface area contributed by atoms with Crippen molar-refractivity contribution in [1.29, 1.82) is 0 Å². The van der Waals surface area contributed by atoms with E-state index in [2.05, 4.69) is 5.10 Å². The first-order chi connectivity index (χ1) is 15.7. The molecule has 11 heteroatoms. The molecule has 0 spiro atoms. The molecule has 7 nitrogen and oxygen atoms in total. The van der Waals surface area contributed by atoms with E-state index >= 15 is 0 Å². The van der Waals surface area contributed by atoms with Gasteiger partial charge in [-0.25, -0.2) is 4.79 Å². The Hall–Kier alpha value is -3.09. The first-order valence-corrected chi connectivity index (χ1v) is 10.7. The summed E-state index contributed by atoms with van der Waals surface area (Å²) in [6.07, 6.45) is -3.75. The van der Waals surface area contributed by atoms with Crippen LogP contribution in [0.5, 0.6) is 11.5 Å². The summed E-state index contributed by atoms with van der Waals surface area (Å²) in [4.78, 5) is 24.4. The van der Waals surface area contributed by atoms with Crippen molar-refractivity contribution in [3.8, 4) is 11.5 Å². The zero-order valence-corrected chi connectivity index (χ0v) is 19.6. The summed E-state index contributed by atoms with van der Waals surface area (Å²) in [6.45, 7) is 1.49. The molecule has 33 heavy (non-hydrogen) atoms. The number of hydrogen-bond donors (Lipinski definition) is 0. The van der Waals surface area contributed by atoms with Crippen molar-refractivity contribution < 1.29 is 37.0 Å². The minimum absolute atomic E-state index is 0.175. The molecule has 1 amide bonds. The second-order valence-electron chi connectivity index (χ2n) is 6.58. The van der Waals surface area contributed by atoms with Crippen molar-refractivity contribution in [3.05, 3.63) is 57.2 Å². The largest absolute Gasteiger partial charge is 0.493 e. The lowest BCUT2D eigenvalue weighted by Gasteiger charge is -2.14. The maximum atomic E-state index is 13.7. The Morgan fingerprint density at radius 1 is 1.21 bits per heavy atom. The van der Waals surface area contributed by atoms with E-state index in [0.717, 1.165) is 6.08 Å². The van der Waals surface area contributed by atoms with E-state index in [9.17, 15) is 22.8 Å². The number of carbonyl (C=O) groups is 2. The number of halogens is 4. The Labute approximate surface area is 200 Å². The van der Waals surface area contributed by atoms with E-state index in [0.29, 0.717) is 8.58 Å². The van der Waals surface area contributed by atoms with E-state index in [1.807, 2.05) is 22.6 Å². The Bertz CT molecular complexity index is 1120. The molecule has 2 aromatic rings. The van der Waals surface area contributed by atoms with E-state index in [-0.39, 0.29) is 36.0 Å². The Kier molecular flexibility index (Phi) is 7.61. The minimum Gasteiger partial charge on any atom is -0.493 e. The number of benzene rings is 2. The number of para-hydroxylation sites is 1. The molecule has 0 saturated carbocycles. The Balaban J connectivity index is 1.98. The summed E-state index contributed by atoms with van der Waals surface area (Å²) < 4.78 is 57.0. The molecule has 0 aromatic heterocycles. The van der Waals surface area contributed by atoms with Gasteiger partial charge in [0, 0.05) is 0 Å². The molecule has 0 aliphatic carbocycles. The minimum atomic E-state index is -4.84. The smallest absolute Gasteiger partial charge is 0.435 e. The fourth-order valence-corrected chi connectivity index (χ4v) is 3.74. The van der Waals surface area contributed by atoms with E-state index < -0.39 is 29.3 Å². The van der Waals surface area contributed by atoms with Gasteiger partial charge in [0.05, 0.1) is 28.5 Å². The molecule has 0 bridgehead atoms. The van der Waals surface area contributed by atoms with Crippen LogP contribution in [0.3, 0.4) is 0 Å². The highest BCUT2D eigenvalue weighted by atomic mass is 127. The third-order valence-electron chi connectivity index (χ3n) is 4.35. The SMILES string of the molecule is CCOC(=O)COc1c(I)cc(/C=C2\C(=O)N(c3ccccc3)N=C2C(F)(F)F)cc1OC. The predicted molar refractivity (Wildman–Crippen MR) is 123 cm³/mol. The molecule has 2 aromatic carbocycles. The van der Waals surface area contributed by atoms with Crippen molar-refractivity contribution in [2.45, 2.75) is 13.1 Å². The number of hydrazone groups is 1. The van der Waals surface area contributed by atoms with E-state index in [1.54, 1.807) is 25.1 Å². The highest BCUT2D eigenvalue weighted by Crippen LogP contribution is 2.37. The lowest BCUT2D eigenvalue weighted by molar-refractivity contribution is -0.145. The maximum absolute atomic E-state index is 13.7. The van der Waals surface area contributed by atoms with Crippen LogP contribution in [-0.4, -0.2) is 44.1 Å². The van der Waals surface area contributed by atoms with Crippen LogP contribution in [0.15, 0.2) is 53.1 Å². The quantitative estimate of drug-likeness (QED) is 0.275. The number of anilines is 1. The Morgan fingerprint density at radius 3 is 2.52 bits per heavy atom. The molecule has 1 aliphatic heterocycles. The summed E-state index contributed by atoms with van der Waals surface area (Å²) in [5.74, 6) is -1.09. The van der Waals surface area contributed by atoms with Gasteiger partial charge in [-0.1, -0.05) is 18.2 Å². The lowest BCUT2D eigenvalue weighted by Crippen LogP contribution is -2.25. The van der Waals surface area contributed by atoms with Gasteiger partial charge in [0.1, 0.15) is 0 Å². The second-order valence-corrected chi connectivity index (χ2v) is 7.75. The zero-order chi connectivity index (χ0) is 24.2. The number of amides is 1. The molecule has 0 saturated heterocycles. The monoisotopic (exact) mass is 574 g/mol. The van der Waals surface area contributed by atoms with Crippen LogP contribution in [-0.2, 0) is 14.3 Å². The third-order valence-corrected chi connectivity index (χ3v) is 5.15. The number of ether oxygens (including phenoxy) is 3. The van der Waals surface area contributed by atoms with Crippen LogP contribution in [0, 0.1) is 3.57 Å². The van der Waals surface area contributed by atoms with Crippen LogP contribution in [0.4, 0.5) is 18.9 Å². The standard InChI is InChI=1S/C22H18F3IN2O5/c1-3-32-18(29)12-33-19-16(26)10-13(11-17(19)31-2)9-15-20(22(23,24)25)27-28(21(15)30)14-7-5-4-6-8-14/h4-11H,3,12H2,1-2H3/b15-9-. The summed E-state index contributed by atoms with van der Waals surface area (Å²) in [5.41, 5.74) is -1.44. The predicted octanol–water partition coefficient (Wildman–Crippen LogP) is 4.59. The number of rotatable bonds is 7. The van der Waals surface area contributed by atoms with Crippen molar-refractivity contribution in [2.75, 3.05) is 25.3 Å². The summed E-state index contributed by atoms with van der Waals surface area (Å²) >= 11 is 1.90. The van der Waals surface area contributed by atoms with Crippen molar-refractivity contribution >= 4 is 51.9 Å². The Morgan fingerprint density at radius 2 is 1.91 bits per heavy atom. The number of methoxy groups -OCH3 is 1. The van der Waals surface area contributed by atoms with Crippen molar-refractivity contribution in [2.24, 2.45) is 5.10 Å². The highest BCUT2D eigenvalue weighted by molar-refractivity contribution is 14.1. The average Bonchev–Trinajstić information content (AvgIpc) is 3.10. The summed E-state index contributed by atoms with van der Waals surface area (Å²) in [5, 5.41) is 4.25. The van der Waals surface area contributed by atoms with Crippen LogP contribution in [0.1, 0.15) is 12.5 Å². The number of nitrogens with zero attached hydrogens (tertiary/aromatic N) is 2. The molecular formula is C22H18F3IN2O5. The molecule has 0 unspecified atom stereocenters. The first kappa shape index (κ1) is 24.6. The second kappa shape index (κ2) is 10.2. The molecule has 1 heterocycles. The van der Waals surface area contributed by atoms with Gasteiger partial charge >= 0.3 is 12.1 Å². The molecule has 3 rings (SSSR count). The van der Waals surface area contributed by atoms with Crippen molar-refractivity contribution in [1.82, 2.24) is 0 Å². The van der Waals surface area contributed by atoms with Crippen LogP contribution in [0.2, 0.25) is 0 Å². The first-order valence-electron chi connectivity index (χ1n) is 9.59. The van der Waals surface area contributed by atoms with Gasteiger partial charge in [0.25, 0.3) is 5.91 Å². The van der Waals surface area contributed by atoms with Gasteiger partial charge in [-0.2, -0.15) is 23.3 Å². The maximum Gasteiger partial charge on any atom is 0.435 e.